The number of nitrogens with two attached hydrogens (primary N) is 1. The van der Waals surface area contributed by atoms with Crippen molar-refractivity contribution >= 4 is 5.91 Å². The third kappa shape index (κ3) is 3.34. The number of carbonyl (C=O) groups is 1. The van der Waals surface area contributed by atoms with Crippen LogP contribution in [0.4, 0.5) is 0 Å². The molecule has 1 rings (SSSR count). The van der Waals surface area contributed by atoms with Gasteiger partial charge in [-0.05, 0) is 20.8 Å². The summed E-state index contributed by atoms with van der Waals surface area (Å²) in [6.45, 7) is 7.88. The number of hydrogen-bond acceptors (Lipinski definition) is 3. The van der Waals surface area contributed by atoms with Crippen molar-refractivity contribution in [1.82, 2.24) is 14.9 Å². The number of carbonyl (C=O) groups excluding carboxylic acids is 1. The minimum Gasteiger partial charge on any atom is -0.369 e. The molecule has 5 heteroatoms. The Morgan fingerprint density at radius 1 is 1.62 bits per heavy atom. The fraction of sp³-hybridized carbons (Fsp3) is 0.636. The highest BCUT2D eigenvalue weighted by molar-refractivity contribution is 5.80. The Kier molecular flexibility index (Phi) is 4.06. The van der Waals surface area contributed by atoms with Gasteiger partial charge in [-0.15, -0.1) is 0 Å². The van der Waals surface area contributed by atoms with Crippen molar-refractivity contribution in [3.05, 3.63) is 18.2 Å². The molecule has 0 aliphatic carbocycles. The number of primary amides is 1. The maximum Gasteiger partial charge on any atom is 0.224 e. The Morgan fingerprint density at radius 2 is 2.31 bits per heavy atom. The van der Waals surface area contributed by atoms with Gasteiger partial charge in [-0.2, -0.15) is 0 Å². The summed E-state index contributed by atoms with van der Waals surface area (Å²) in [7, 11) is 0. The van der Waals surface area contributed by atoms with Gasteiger partial charge in [-0.3, -0.25) is 4.79 Å². The lowest BCUT2D eigenvalue weighted by Gasteiger charge is -2.20. The molecule has 0 fully saturated rings. The normalized spacial score (nSPS) is 11.7. The molecular weight excluding hydrogens is 204 g/mol. The van der Waals surface area contributed by atoms with E-state index in [0.29, 0.717) is 6.54 Å². The van der Waals surface area contributed by atoms with E-state index in [9.17, 15) is 4.79 Å². The molecule has 0 spiro atoms. The van der Waals surface area contributed by atoms with E-state index in [1.165, 1.54) is 0 Å². The van der Waals surface area contributed by atoms with Crippen LogP contribution in [0.1, 0.15) is 19.7 Å². The first-order valence-corrected chi connectivity index (χ1v) is 5.42. The molecule has 1 aromatic heterocycles. The van der Waals surface area contributed by atoms with Crippen LogP contribution < -0.4 is 11.1 Å². The number of imidazole rings is 1. The van der Waals surface area contributed by atoms with Crippen LogP contribution in [0.15, 0.2) is 12.4 Å². The summed E-state index contributed by atoms with van der Waals surface area (Å²) in [4.78, 5) is 15.2. The molecular formula is C11H20N4O. The van der Waals surface area contributed by atoms with Gasteiger partial charge < -0.3 is 15.6 Å². The molecule has 3 N–H and O–H groups in total. The molecule has 0 unspecified atom stereocenters. The van der Waals surface area contributed by atoms with Crippen LogP contribution in [-0.4, -0.2) is 28.5 Å². The van der Waals surface area contributed by atoms with Crippen LogP contribution in [-0.2, 0) is 11.3 Å². The lowest BCUT2D eigenvalue weighted by molar-refractivity contribution is -0.125. The molecule has 1 aromatic rings. The van der Waals surface area contributed by atoms with Crippen LogP contribution in [0.5, 0.6) is 0 Å². The first-order valence-electron chi connectivity index (χ1n) is 5.42. The van der Waals surface area contributed by atoms with E-state index in [2.05, 4.69) is 14.9 Å². The molecule has 5 nitrogen and oxygen atoms in total. The van der Waals surface area contributed by atoms with Gasteiger partial charge in [0.15, 0.2) is 0 Å². The Morgan fingerprint density at radius 3 is 2.81 bits per heavy atom. The van der Waals surface area contributed by atoms with Gasteiger partial charge in [-0.25, -0.2) is 4.98 Å². The molecule has 90 valence electrons. The van der Waals surface area contributed by atoms with Crippen molar-refractivity contribution in [1.29, 1.82) is 0 Å². The number of amides is 1. The second-order valence-electron chi connectivity index (χ2n) is 4.59. The van der Waals surface area contributed by atoms with E-state index in [0.717, 1.165) is 18.9 Å². The van der Waals surface area contributed by atoms with Crippen LogP contribution in [0.2, 0.25) is 0 Å². The molecule has 0 aromatic carbocycles. The van der Waals surface area contributed by atoms with Crippen molar-refractivity contribution in [2.75, 3.05) is 13.1 Å². The Labute approximate surface area is 96.0 Å². The highest BCUT2D eigenvalue weighted by Crippen LogP contribution is 2.11. The summed E-state index contributed by atoms with van der Waals surface area (Å²) >= 11 is 0. The predicted molar refractivity (Wildman–Crippen MR) is 62.8 cm³/mol. The van der Waals surface area contributed by atoms with Crippen LogP contribution in [0, 0.1) is 12.3 Å². The minimum absolute atomic E-state index is 0.279. The highest BCUT2D eigenvalue weighted by Gasteiger charge is 2.23. The molecule has 0 radical (unpaired) electrons. The largest absolute Gasteiger partial charge is 0.369 e. The summed E-state index contributed by atoms with van der Waals surface area (Å²) in [5, 5.41) is 3.22. The van der Waals surface area contributed by atoms with Crippen LogP contribution in [0.3, 0.4) is 0 Å². The maximum absolute atomic E-state index is 11.1. The number of aryl methyl sites for hydroxylation is 1. The number of nitrogens with one attached hydrogen (secondary N) is 1. The second kappa shape index (κ2) is 5.12. The fourth-order valence-electron chi connectivity index (χ4n) is 1.33. The van der Waals surface area contributed by atoms with Crippen molar-refractivity contribution in [3.63, 3.8) is 0 Å². The number of nitrogens with zero attached hydrogens (tertiary/aromatic N) is 2. The molecule has 0 aliphatic heterocycles. The van der Waals surface area contributed by atoms with E-state index >= 15 is 0 Å². The highest BCUT2D eigenvalue weighted by atomic mass is 16.1. The number of hydrogen-bond donors (Lipinski definition) is 2. The SMILES string of the molecule is Cc1nccn1CCNCC(C)(C)C(N)=O. The zero-order chi connectivity index (χ0) is 12.2. The zero-order valence-electron chi connectivity index (χ0n) is 10.2. The smallest absolute Gasteiger partial charge is 0.224 e. The van der Waals surface area contributed by atoms with Gasteiger partial charge in [-0.1, -0.05) is 0 Å². The molecule has 0 saturated heterocycles. The minimum atomic E-state index is -0.496. The Hall–Kier alpha value is -1.36. The van der Waals surface area contributed by atoms with Gasteiger partial charge in [0.05, 0.1) is 5.41 Å². The standard InChI is InChI=1S/C11H20N4O/c1-9-14-5-7-15(9)6-4-13-8-11(2,3)10(12)16/h5,7,13H,4,6,8H2,1-3H3,(H2,12,16). The predicted octanol–water partition coefficient (Wildman–Crippen LogP) is 0.293. The molecule has 0 saturated carbocycles. The van der Waals surface area contributed by atoms with E-state index in [-0.39, 0.29) is 5.91 Å². The lowest BCUT2D eigenvalue weighted by Crippen LogP contribution is -2.41. The molecule has 16 heavy (non-hydrogen) atoms. The zero-order valence-corrected chi connectivity index (χ0v) is 10.2. The van der Waals surface area contributed by atoms with Crippen molar-refractivity contribution < 1.29 is 4.79 Å². The topological polar surface area (TPSA) is 72.9 Å². The second-order valence-corrected chi connectivity index (χ2v) is 4.59. The van der Waals surface area contributed by atoms with E-state index in [4.69, 9.17) is 5.73 Å². The summed E-state index contributed by atoms with van der Waals surface area (Å²) in [5.41, 5.74) is 4.78. The Bertz CT molecular complexity index is 357. The van der Waals surface area contributed by atoms with Gasteiger partial charge in [0.1, 0.15) is 5.82 Å². The number of aromatic nitrogens is 2. The fourth-order valence-corrected chi connectivity index (χ4v) is 1.33. The summed E-state index contributed by atoms with van der Waals surface area (Å²) in [5.74, 6) is 0.717. The average molecular weight is 224 g/mol. The third-order valence-electron chi connectivity index (χ3n) is 2.69. The summed E-state index contributed by atoms with van der Waals surface area (Å²) in [6, 6.07) is 0. The van der Waals surface area contributed by atoms with Crippen molar-refractivity contribution in [2.24, 2.45) is 11.1 Å². The molecule has 0 aliphatic rings. The molecule has 0 bridgehead atoms. The Balaban J connectivity index is 2.27. The van der Waals surface area contributed by atoms with E-state index < -0.39 is 5.41 Å². The van der Waals surface area contributed by atoms with E-state index in [1.807, 2.05) is 27.0 Å². The quantitative estimate of drug-likeness (QED) is 0.682. The maximum atomic E-state index is 11.1. The first-order chi connectivity index (χ1) is 7.43. The molecule has 0 atom stereocenters. The van der Waals surface area contributed by atoms with E-state index in [1.54, 1.807) is 6.20 Å². The lowest BCUT2D eigenvalue weighted by atomic mass is 9.93. The van der Waals surface area contributed by atoms with Gasteiger partial charge in [0.2, 0.25) is 5.91 Å². The van der Waals surface area contributed by atoms with Crippen LogP contribution in [0.25, 0.3) is 0 Å². The van der Waals surface area contributed by atoms with Gasteiger partial charge >= 0.3 is 0 Å². The monoisotopic (exact) mass is 224 g/mol. The third-order valence-corrected chi connectivity index (χ3v) is 2.69. The summed E-state index contributed by atoms with van der Waals surface area (Å²) < 4.78 is 2.06. The van der Waals surface area contributed by atoms with Crippen LogP contribution >= 0.6 is 0 Å². The van der Waals surface area contributed by atoms with Gasteiger partial charge in [0.25, 0.3) is 0 Å². The molecule has 1 heterocycles. The molecule has 1 amide bonds. The first kappa shape index (κ1) is 12.7. The van der Waals surface area contributed by atoms with Crippen molar-refractivity contribution in [3.8, 4) is 0 Å². The van der Waals surface area contributed by atoms with Gasteiger partial charge in [0, 0.05) is 32.0 Å². The summed E-state index contributed by atoms with van der Waals surface area (Å²) in [6.07, 6.45) is 3.72. The van der Waals surface area contributed by atoms with Crippen molar-refractivity contribution in [2.45, 2.75) is 27.3 Å². The average Bonchev–Trinajstić information content (AvgIpc) is 2.59. The number of rotatable bonds is 6.